The molecule has 0 aromatic heterocycles. The summed E-state index contributed by atoms with van der Waals surface area (Å²) in [6.45, 7) is 3.16. The summed E-state index contributed by atoms with van der Waals surface area (Å²) in [5, 5.41) is 0. The Morgan fingerprint density at radius 1 is 0.929 bits per heavy atom. The van der Waals surface area contributed by atoms with Crippen molar-refractivity contribution in [1.29, 1.82) is 0 Å². The minimum Gasteiger partial charge on any atom is -0.491 e. The van der Waals surface area contributed by atoms with E-state index in [1.165, 1.54) is 4.31 Å². The number of hydrogen-bond acceptors (Lipinski definition) is 4. The van der Waals surface area contributed by atoms with Gasteiger partial charge in [-0.05, 0) is 55.5 Å². The van der Waals surface area contributed by atoms with Gasteiger partial charge in [-0.25, -0.2) is 12.7 Å². The number of sulfonamides is 1. The molecule has 144 valence electrons. The van der Waals surface area contributed by atoms with E-state index in [4.69, 9.17) is 9.47 Å². The van der Waals surface area contributed by atoms with Gasteiger partial charge in [0.15, 0.2) is 0 Å². The van der Waals surface area contributed by atoms with E-state index in [0.717, 1.165) is 12.2 Å². The average Bonchev–Trinajstić information content (AvgIpc) is 3.53. The van der Waals surface area contributed by atoms with Crippen LogP contribution in [-0.4, -0.2) is 27.7 Å². The topological polar surface area (TPSA) is 59.1 Å². The summed E-state index contributed by atoms with van der Waals surface area (Å²) in [5.74, 6) is 0.681. The Morgan fingerprint density at radius 2 is 1.54 bits per heavy atom. The second-order valence-corrected chi connectivity index (χ2v) is 8.46. The molecule has 3 aromatic carbocycles. The molecule has 6 heteroatoms. The summed E-state index contributed by atoms with van der Waals surface area (Å²) in [6.07, 6.45) is 0.169. The van der Waals surface area contributed by atoms with E-state index in [0.29, 0.717) is 23.7 Å². The zero-order valence-corrected chi connectivity index (χ0v) is 16.3. The maximum atomic E-state index is 13.4. The first-order valence-electron chi connectivity index (χ1n) is 9.05. The first kappa shape index (κ1) is 18.5. The summed E-state index contributed by atoms with van der Waals surface area (Å²) < 4.78 is 39.0. The highest BCUT2D eigenvalue weighted by molar-refractivity contribution is 7.93. The smallest absolute Gasteiger partial charge is 0.268 e. The molecule has 0 radical (unpaired) electrons. The van der Waals surface area contributed by atoms with Crippen molar-refractivity contribution in [3.63, 3.8) is 0 Å². The average molecular weight is 395 g/mol. The zero-order valence-electron chi connectivity index (χ0n) is 15.5. The van der Waals surface area contributed by atoms with E-state index < -0.39 is 10.0 Å². The molecule has 0 amide bonds. The quantitative estimate of drug-likeness (QED) is 0.560. The number of aryl methyl sites for hydroxylation is 1. The summed E-state index contributed by atoms with van der Waals surface area (Å²) >= 11 is 0. The maximum absolute atomic E-state index is 13.4. The van der Waals surface area contributed by atoms with Gasteiger partial charge >= 0.3 is 0 Å². The van der Waals surface area contributed by atoms with Crippen molar-refractivity contribution in [2.45, 2.75) is 17.9 Å². The molecule has 1 heterocycles. The molecule has 5 nitrogen and oxygen atoms in total. The van der Waals surface area contributed by atoms with Gasteiger partial charge in [0.25, 0.3) is 10.0 Å². The van der Waals surface area contributed by atoms with Crippen molar-refractivity contribution in [2.75, 3.05) is 17.5 Å². The third kappa shape index (κ3) is 4.03. The molecular weight excluding hydrogens is 374 g/mol. The number of anilines is 2. The van der Waals surface area contributed by atoms with Crippen molar-refractivity contribution in [3.05, 3.63) is 84.4 Å². The van der Waals surface area contributed by atoms with E-state index >= 15 is 0 Å². The van der Waals surface area contributed by atoms with E-state index in [-0.39, 0.29) is 11.0 Å². The fourth-order valence-corrected chi connectivity index (χ4v) is 4.33. The van der Waals surface area contributed by atoms with Crippen LogP contribution in [-0.2, 0) is 14.8 Å². The highest BCUT2D eigenvalue weighted by Gasteiger charge is 2.27. The molecule has 0 N–H and O–H groups in total. The number of epoxide rings is 1. The molecule has 0 aliphatic carbocycles. The fourth-order valence-electron chi connectivity index (χ4n) is 2.84. The minimum absolute atomic E-state index is 0.169. The van der Waals surface area contributed by atoms with Crippen LogP contribution in [0.4, 0.5) is 11.4 Å². The van der Waals surface area contributed by atoms with Gasteiger partial charge in [-0.3, -0.25) is 0 Å². The summed E-state index contributed by atoms with van der Waals surface area (Å²) in [4.78, 5) is 0.244. The van der Waals surface area contributed by atoms with Crippen LogP contribution in [0.3, 0.4) is 0 Å². The Labute approximate surface area is 165 Å². The van der Waals surface area contributed by atoms with Crippen LogP contribution in [0, 0.1) is 6.92 Å². The van der Waals surface area contributed by atoms with E-state index in [9.17, 15) is 8.42 Å². The van der Waals surface area contributed by atoms with Crippen LogP contribution in [0.25, 0.3) is 0 Å². The fraction of sp³-hybridized carbons (Fsp3) is 0.182. The number of para-hydroxylation sites is 1. The lowest BCUT2D eigenvalue weighted by molar-refractivity contribution is 0.263. The lowest BCUT2D eigenvalue weighted by Gasteiger charge is -2.25. The van der Waals surface area contributed by atoms with Gasteiger partial charge in [0, 0.05) is 0 Å². The molecule has 0 saturated carbocycles. The SMILES string of the molecule is Cc1ccc(S(=O)(=O)N(c2ccccc2)c2ccc(OCC3CO3)cc2)cc1. The van der Waals surface area contributed by atoms with Crippen molar-refractivity contribution in [2.24, 2.45) is 0 Å². The number of rotatable bonds is 7. The molecule has 4 rings (SSSR count). The predicted octanol–water partition coefficient (Wildman–Crippen LogP) is 4.30. The molecule has 0 spiro atoms. The van der Waals surface area contributed by atoms with Gasteiger partial charge in [0.05, 0.1) is 22.9 Å². The Kier molecular flexibility index (Phi) is 5.07. The molecule has 0 bridgehead atoms. The molecule has 1 atom stereocenters. The predicted molar refractivity (Wildman–Crippen MR) is 109 cm³/mol. The second kappa shape index (κ2) is 7.66. The molecule has 3 aromatic rings. The monoisotopic (exact) mass is 395 g/mol. The Bertz CT molecular complexity index is 1030. The summed E-state index contributed by atoms with van der Waals surface area (Å²) in [7, 11) is -3.78. The number of hydrogen-bond donors (Lipinski definition) is 0. The Hall–Kier alpha value is -2.83. The number of benzene rings is 3. The maximum Gasteiger partial charge on any atom is 0.268 e. The molecule has 1 unspecified atom stereocenters. The molecule has 1 aliphatic rings. The lowest BCUT2D eigenvalue weighted by atomic mass is 10.2. The molecule has 1 fully saturated rings. The van der Waals surface area contributed by atoms with Crippen LogP contribution in [0.15, 0.2) is 83.8 Å². The van der Waals surface area contributed by atoms with Crippen molar-refractivity contribution >= 4 is 21.4 Å². The van der Waals surface area contributed by atoms with Crippen molar-refractivity contribution in [3.8, 4) is 5.75 Å². The third-order valence-electron chi connectivity index (χ3n) is 4.46. The highest BCUT2D eigenvalue weighted by Crippen LogP contribution is 2.33. The van der Waals surface area contributed by atoms with Gasteiger partial charge in [0.2, 0.25) is 0 Å². The molecular formula is C22H21NO4S. The van der Waals surface area contributed by atoms with Gasteiger partial charge < -0.3 is 9.47 Å². The van der Waals surface area contributed by atoms with Crippen LogP contribution in [0.5, 0.6) is 5.75 Å². The van der Waals surface area contributed by atoms with Gasteiger partial charge in [-0.2, -0.15) is 0 Å². The summed E-state index contributed by atoms with van der Waals surface area (Å²) in [5.41, 5.74) is 2.12. The Balaban J connectivity index is 1.70. The van der Waals surface area contributed by atoms with Crippen LogP contribution in [0.2, 0.25) is 0 Å². The normalized spacial score (nSPS) is 15.8. The molecule has 28 heavy (non-hydrogen) atoms. The van der Waals surface area contributed by atoms with Crippen LogP contribution < -0.4 is 9.04 Å². The number of ether oxygens (including phenoxy) is 2. The minimum atomic E-state index is -3.78. The standard InChI is InChI=1S/C22H21NO4S/c1-17-7-13-22(14-8-17)28(24,25)23(18-5-3-2-4-6-18)19-9-11-20(12-10-19)26-15-21-16-27-21/h2-14,21H,15-16H2,1H3. The molecule has 1 aliphatic heterocycles. The van der Waals surface area contributed by atoms with Crippen LogP contribution >= 0.6 is 0 Å². The second-order valence-electron chi connectivity index (χ2n) is 6.68. The van der Waals surface area contributed by atoms with E-state index in [1.54, 1.807) is 60.7 Å². The number of nitrogens with zero attached hydrogens (tertiary/aromatic N) is 1. The lowest BCUT2D eigenvalue weighted by Crippen LogP contribution is -2.26. The molecule has 1 saturated heterocycles. The van der Waals surface area contributed by atoms with Gasteiger partial charge in [-0.1, -0.05) is 35.9 Å². The van der Waals surface area contributed by atoms with Crippen molar-refractivity contribution < 1.29 is 17.9 Å². The zero-order chi connectivity index (χ0) is 19.6. The van der Waals surface area contributed by atoms with Crippen molar-refractivity contribution in [1.82, 2.24) is 0 Å². The third-order valence-corrected chi connectivity index (χ3v) is 6.23. The highest BCUT2D eigenvalue weighted by atomic mass is 32.2. The Morgan fingerprint density at radius 3 is 2.14 bits per heavy atom. The van der Waals surface area contributed by atoms with E-state index in [2.05, 4.69) is 0 Å². The van der Waals surface area contributed by atoms with Gasteiger partial charge in [-0.15, -0.1) is 0 Å². The van der Waals surface area contributed by atoms with E-state index in [1.807, 2.05) is 25.1 Å². The first-order chi connectivity index (χ1) is 13.5. The van der Waals surface area contributed by atoms with Gasteiger partial charge in [0.1, 0.15) is 18.5 Å². The van der Waals surface area contributed by atoms with Crippen LogP contribution in [0.1, 0.15) is 5.56 Å². The first-order valence-corrected chi connectivity index (χ1v) is 10.5. The summed E-state index contributed by atoms with van der Waals surface area (Å²) in [6, 6.07) is 23.0. The largest absolute Gasteiger partial charge is 0.491 e.